The van der Waals surface area contributed by atoms with E-state index in [2.05, 4.69) is 31.4 Å². The number of carbonyl (C=O) groups excluding carboxylic acids is 2. The molecule has 2 aromatic carbocycles. The van der Waals surface area contributed by atoms with Crippen LogP contribution in [0.4, 0.5) is 4.39 Å². The van der Waals surface area contributed by atoms with Gasteiger partial charge in [0.1, 0.15) is 5.82 Å². The molecule has 1 atom stereocenters. The Hall–Kier alpha value is -2.95. The summed E-state index contributed by atoms with van der Waals surface area (Å²) in [5, 5.41) is 5.57. The lowest BCUT2D eigenvalue weighted by Crippen LogP contribution is -2.30. The first-order valence-corrected chi connectivity index (χ1v) is 9.24. The minimum absolute atomic E-state index is 0.00821. The van der Waals surface area contributed by atoms with Crippen molar-refractivity contribution in [2.45, 2.75) is 33.2 Å². The number of carbonyl (C=O) groups is 2. The molecule has 0 aliphatic heterocycles. The van der Waals surface area contributed by atoms with E-state index in [1.807, 2.05) is 0 Å². The van der Waals surface area contributed by atoms with Gasteiger partial charge in [-0.25, -0.2) is 4.39 Å². The molecule has 0 spiro atoms. The SMILES string of the molecule is CNC(=O)c1ccc(C=CC(=O)NC(CC(C)(C)C)c2ccc(F)cc2)cc1. The third-order valence-corrected chi connectivity index (χ3v) is 4.23. The third-order valence-electron chi connectivity index (χ3n) is 4.23. The van der Waals surface area contributed by atoms with Crippen LogP contribution in [-0.4, -0.2) is 18.9 Å². The molecule has 28 heavy (non-hydrogen) atoms. The zero-order valence-electron chi connectivity index (χ0n) is 16.8. The van der Waals surface area contributed by atoms with Gasteiger partial charge in [0.25, 0.3) is 5.91 Å². The summed E-state index contributed by atoms with van der Waals surface area (Å²) in [6.07, 6.45) is 3.88. The molecule has 148 valence electrons. The average molecular weight is 382 g/mol. The quantitative estimate of drug-likeness (QED) is 0.723. The second-order valence-corrected chi connectivity index (χ2v) is 7.91. The second kappa shape index (κ2) is 9.31. The highest BCUT2D eigenvalue weighted by Gasteiger charge is 2.21. The molecular formula is C23H27FN2O2. The Labute approximate surface area is 165 Å². The molecule has 0 fully saturated rings. The van der Waals surface area contributed by atoms with Crippen molar-refractivity contribution in [3.05, 3.63) is 77.1 Å². The van der Waals surface area contributed by atoms with Gasteiger partial charge in [0, 0.05) is 18.7 Å². The van der Waals surface area contributed by atoms with Crippen molar-refractivity contribution in [3.63, 3.8) is 0 Å². The molecule has 1 unspecified atom stereocenters. The molecule has 0 radical (unpaired) electrons. The lowest BCUT2D eigenvalue weighted by molar-refractivity contribution is -0.117. The number of benzene rings is 2. The van der Waals surface area contributed by atoms with Crippen molar-refractivity contribution in [1.82, 2.24) is 10.6 Å². The molecule has 0 saturated carbocycles. The molecule has 0 aromatic heterocycles. The molecule has 0 saturated heterocycles. The first-order valence-electron chi connectivity index (χ1n) is 9.24. The Kier molecular flexibility index (Phi) is 7.10. The first kappa shape index (κ1) is 21.4. The van der Waals surface area contributed by atoms with E-state index < -0.39 is 0 Å². The van der Waals surface area contributed by atoms with Crippen LogP contribution < -0.4 is 10.6 Å². The number of halogens is 1. The number of amides is 2. The molecule has 4 nitrogen and oxygen atoms in total. The molecule has 0 aliphatic carbocycles. The lowest BCUT2D eigenvalue weighted by atomic mass is 9.85. The fraction of sp³-hybridized carbons (Fsp3) is 0.304. The van der Waals surface area contributed by atoms with Crippen molar-refractivity contribution in [2.75, 3.05) is 7.05 Å². The maximum absolute atomic E-state index is 13.2. The largest absolute Gasteiger partial charge is 0.355 e. The van der Waals surface area contributed by atoms with E-state index in [0.717, 1.165) is 17.5 Å². The minimum atomic E-state index is -0.301. The highest BCUT2D eigenvalue weighted by atomic mass is 19.1. The molecule has 5 heteroatoms. The zero-order valence-corrected chi connectivity index (χ0v) is 16.8. The second-order valence-electron chi connectivity index (χ2n) is 7.91. The van der Waals surface area contributed by atoms with E-state index >= 15 is 0 Å². The van der Waals surface area contributed by atoms with Crippen LogP contribution in [0.3, 0.4) is 0 Å². The van der Waals surface area contributed by atoms with Crippen molar-refractivity contribution in [1.29, 1.82) is 0 Å². The van der Waals surface area contributed by atoms with Crippen molar-refractivity contribution in [2.24, 2.45) is 5.41 Å². The van der Waals surface area contributed by atoms with E-state index in [-0.39, 0.29) is 29.1 Å². The fourth-order valence-electron chi connectivity index (χ4n) is 2.84. The van der Waals surface area contributed by atoms with Crippen molar-refractivity contribution < 1.29 is 14.0 Å². The van der Waals surface area contributed by atoms with Gasteiger partial charge in [0.15, 0.2) is 0 Å². The summed E-state index contributed by atoms with van der Waals surface area (Å²) in [5.74, 6) is -0.684. The van der Waals surface area contributed by atoms with E-state index in [0.29, 0.717) is 5.56 Å². The van der Waals surface area contributed by atoms with Gasteiger partial charge in [-0.05, 0) is 53.3 Å². The molecule has 2 N–H and O–H groups in total. The van der Waals surface area contributed by atoms with Gasteiger partial charge in [0.2, 0.25) is 5.91 Å². The molecule has 0 aliphatic rings. The highest BCUT2D eigenvalue weighted by Crippen LogP contribution is 2.29. The van der Waals surface area contributed by atoms with Gasteiger partial charge in [-0.2, -0.15) is 0 Å². The van der Waals surface area contributed by atoms with Crippen LogP contribution in [0, 0.1) is 11.2 Å². The van der Waals surface area contributed by atoms with Gasteiger partial charge in [-0.3, -0.25) is 9.59 Å². The van der Waals surface area contributed by atoms with Crippen molar-refractivity contribution >= 4 is 17.9 Å². The monoisotopic (exact) mass is 382 g/mol. The molecular weight excluding hydrogens is 355 g/mol. The maximum Gasteiger partial charge on any atom is 0.251 e. The summed E-state index contributed by atoms with van der Waals surface area (Å²) in [7, 11) is 1.58. The van der Waals surface area contributed by atoms with Gasteiger partial charge in [0.05, 0.1) is 6.04 Å². The summed E-state index contributed by atoms with van der Waals surface area (Å²) >= 11 is 0. The summed E-state index contributed by atoms with van der Waals surface area (Å²) in [6.45, 7) is 6.29. The number of hydrogen-bond donors (Lipinski definition) is 2. The molecule has 2 rings (SSSR count). The van der Waals surface area contributed by atoms with Crippen molar-refractivity contribution in [3.8, 4) is 0 Å². The zero-order chi connectivity index (χ0) is 20.7. The smallest absolute Gasteiger partial charge is 0.251 e. The Morgan fingerprint density at radius 3 is 2.18 bits per heavy atom. The van der Waals surface area contributed by atoms with E-state index in [1.165, 1.54) is 18.2 Å². The summed E-state index contributed by atoms with van der Waals surface area (Å²) < 4.78 is 13.2. The first-order chi connectivity index (χ1) is 13.2. The molecule has 2 aromatic rings. The minimum Gasteiger partial charge on any atom is -0.355 e. The number of nitrogens with one attached hydrogen (secondary N) is 2. The van der Waals surface area contributed by atoms with Crippen LogP contribution in [0.2, 0.25) is 0 Å². The Morgan fingerprint density at radius 1 is 1.04 bits per heavy atom. The van der Waals surface area contributed by atoms with E-state index in [9.17, 15) is 14.0 Å². The fourth-order valence-corrected chi connectivity index (χ4v) is 2.84. The van der Waals surface area contributed by atoms with E-state index in [4.69, 9.17) is 0 Å². The maximum atomic E-state index is 13.2. The van der Waals surface area contributed by atoms with Gasteiger partial charge in [-0.15, -0.1) is 0 Å². The average Bonchev–Trinajstić information content (AvgIpc) is 2.65. The summed E-state index contributed by atoms with van der Waals surface area (Å²) in [5.41, 5.74) is 2.24. The van der Waals surface area contributed by atoms with E-state index in [1.54, 1.807) is 49.5 Å². The Morgan fingerprint density at radius 2 is 1.64 bits per heavy atom. The van der Waals surface area contributed by atoms with Crippen LogP contribution in [0.15, 0.2) is 54.6 Å². The molecule has 0 heterocycles. The van der Waals surface area contributed by atoms with Gasteiger partial charge in [-0.1, -0.05) is 45.0 Å². The van der Waals surface area contributed by atoms with Crippen LogP contribution in [-0.2, 0) is 4.79 Å². The Balaban J connectivity index is 2.09. The predicted molar refractivity (Wildman–Crippen MR) is 110 cm³/mol. The van der Waals surface area contributed by atoms with Crippen LogP contribution >= 0.6 is 0 Å². The summed E-state index contributed by atoms with van der Waals surface area (Å²) in [4.78, 5) is 24.0. The normalized spacial score (nSPS) is 12.6. The Bertz CT molecular complexity index is 834. The van der Waals surface area contributed by atoms with Crippen LogP contribution in [0.1, 0.15) is 54.7 Å². The molecule has 2 amide bonds. The lowest BCUT2D eigenvalue weighted by Gasteiger charge is -2.27. The predicted octanol–water partition coefficient (Wildman–Crippen LogP) is 4.49. The summed E-state index contributed by atoms with van der Waals surface area (Å²) in [6, 6.07) is 13.0. The van der Waals surface area contributed by atoms with Gasteiger partial charge >= 0.3 is 0 Å². The topological polar surface area (TPSA) is 58.2 Å². The standard InChI is InChI=1S/C23H27FN2O2/c1-23(2,3)15-20(17-10-12-19(24)13-11-17)26-21(27)14-7-16-5-8-18(9-6-16)22(28)25-4/h5-14,20H,15H2,1-4H3,(H,25,28)(H,26,27). The highest BCUT2D eigenvalue weighted by molar-refractivity contribution is 5.94. The van der Waals surface area contributed by atoms with Gasteiger partial charge < -0.3 is 10.6 Å². The number of hydrogen-bond acceptors (Lipinski definition) is 2. The number of rotatable bonds is 6. The van der Waals surface area contributed by atoms with Crippen LogP contribution in [0.5, 0.6) is 0 Å². The third kappa shape index (κ3) is 6.65. The molecule has 0 bridgehead atoms. The van der Waals surface area contributed by atoms with Crippen LogP contribution in [0.25, 0.3) is 6.08 Å².